The molecule has 0 radical (unpaired) electrons. The molecule has 1 N–H and O–H groups in total. The zero-order valence-corrected chi connectivity index (χ0v) is 17.7. The van der Waals surface area contributed by atoms with Crippen LogP contribution < -0.4 is 10.2 Å². The zero-order valence-electron chi connectivity index (χ0n) is 17.7. The number of rotatable bonds is 5. The normalized spacial score (nSPS) is 23.4. The Morgan fingerprint density at radius 3 is 2.43 bits per heavy atom. The molecule has 0 saturated carbocycles. The maximum absolute atomic E-state index is 12.6. The molecule has 3 aliphatic rings. The van der Waals surface area contributed by atoms with Crippen LogP contribution in [0.2, 0.25) is 0 Å². The quantitative estimate of drug-likeness (QED) is 0.829. The second-order valence-electron chi connectivity index (χ2n) is 9.04. The van der Waals surface area contributed by atoms with Crippen molar-refractivity contribution in [3.63, 3.8) is 0 Å². The third-order valence-electron chi connectivity index (χ3n) is 6.92. The maximum atomic E-state index is 12.6. The van der Waals surface area contributed by atoms with E-state index < -0.39 is 0 Å². The molecule has 0 spiro atoms. The number of amides is 1. The van der Waals surface area contributed by atoms with E-state index in [1.165, 1.54) is 31.6 Å². The summed E-state index contributed by atoms with van der Waals surface area (Å²) >= 11 is 0. The van der Waals surface area contributed by atoms with Crippen LogP contribution in [0.25, 0.3) is 0 Å². The first-order chi connectivity index (χ1) is 14.8. The number of likely N-dealkylation sites (tertiary alicyclic amines) is 2. The van der Waals surface area contributed by atoms with Gasteiger partial charge in [0.2, 0.25) is 5.91 Å². The van der Waals surface area contributed by atoms with Crippen LogP contribution in [0.1, 0.15) is 24.8 Å². The highest BCUT2D eigenvalue weighted by atomic mass is 16.2. The topological polar surface area (TPSA) is 38.8 Å². The van der Waals surface area contributed by atoms with Gasteiger partial charge in [-0.2, -0.15) is 0 Å². The Morgan fingerprint density at radius 2 is 1.60 bits per heavy atom. The van der Waals surface area contributed by atoms with Crippen molar-refractivity contribution < 1.29 is 4.79 Å². The molecule has 2 aromatic carbocycles. The van der Waals surface area contributed by atoms with Crippen LogP contribution in [0.15, 0.2) is 54.6 Å². The first-order valence-electron chi connectivity index (χ1n) is 11.4. The maximum Gasteiger partial charge on any atom is 0.246 e. The van der Waals surface area contributed by atoms with Crippen molar-refractivity contribution in [2.75, 3.05) is 49.5 Å². The fourth-order valence-corrected chi connectivity index (χ4v) is 5.40. The molecule has 2 fully saturated rings. The Bertz CT molecular complexity index is 862. The van der Waals surface area contributed by atoms with Gasteiger partial charge in [-0.3, -0.25) is 9.69 Å². The molecule has 2 saturated heterocycles. The molecule has 3 aliphatic heterocycles. The standard InChI is InChI=1S/C25H32N4O/c30-25-16-26-23-8-4-5-9-24(23)29(25)22-11-14-27(15-12-22)18-21-10-13-28(19-21)17-20-6-2-1-3-7-20/h1-9,21-22,26H,10-19H2/t21-/m0/s1. The van der Waals surface area contributed by atoms with E-state index in [4.69, 9.17) is 0 Å². The minimum absolute atomic E-state index is 0.208. The van der Waals surface area contributed by atoms with E-state index in [1.54, 1.807) is 0 Å². The molecule has 1 atom stereocenters. The Kier molecular flexibility index (Phi) is 5.73. The summed E-state index contributed by atoms with van der Waals surface area (Å²) in [4.78, 5) is 19.9. The van der Waals surface area contributed by atoms with E-state index in [9.17, 15) is 4.79 Å². The molecular formula is C25H32N4O. The van der Waals surface area contributed by atoms with Crippen LogP contribution in [-0.4, -0.2) is 61.0 Å². The van der Waals surface area contributed by atoms with Gasteiger partial charge in [-0.25, -0.2) is 0 Å². The lowest BCUT2D eigenvalue weighted by molar-refractivity contribution is -0.117. The molecule has 0 bridgehead atoms. The second-order valence-corrected chi connectivity index (χ2v) is 9.04. The van der Waals surface area contributed by atoms with Gasteiger partial charge in [-0.05, 0) is 49.4 Å². The summed E-state index contributed by atoms with van der Waals surface area (Å²) in [6, 6.07) is 19.4. The van der Waals surface area contributed by atoms with Gasteiger partial charge in [-0.1, -0.05) is 42.5 Å². The number of nitrogens with zero attached hydrogens (tertiary/aromatic N) is 3. The van der Waals surface area contributed by atoms with Gasteiger partial charge < -0.3 is 15.1 Å². The molecule has 3 heterocycles. The molecule has 5 nitrogen and oxygen atoms in total. The van der Waals surface area contributed by atoms with Crippen LogP contribution in [0.3, 0.4) is 0 Å². The van der Waals surface area contributed by atoms with Crippen molar-refractivity contribution in [1.29, 1.82) is 0 Å². The highest BCUT2D eigenvalue weighted by molar-refractivity contribution is 6.03. The zero-order chi connectivity index (χ0) is 20.3. The van der Waals surface area contributed by atoms with Gasteiger partial charge >= 0.3 is 0 Å². The Balaban J connectivity index is 1.13. The fourth-order valence-electron chi connectivity index (χ4n) is 5.40. The van der Waals surface area contributed by atoms with Crippen LogP contribution in [0.5, 0.6) is 0 Å². The molecule has 0 aromatic heterocycles. The number of para-hydroxylation sites is 2. The van der Waals surface area contributed by atoms with Crippen molar-refractivity contribution in [3.8, 4) is 0 Å². The fraction of sp³-hybridized carbons (Fsp3) is 0.480. The molecule has 158 valence electrons. The van der Waals surface area contributed by atoms with Crippen LogP contribution in [-0.2, 0) is 11.3 Å². The van der Waals surface area contributed by atoms with Crippen molar-refractivity contribution in [1.82, 2.24) is 9.80 Å². The number of nitrogens with one attached hydrogen (secondary N) is 1. The Labute approximate surface area is 179 Å². The molecule has 5 heteroatoms. The first-order valence-corrected chi connectivity index (χ1v) is 11.4. The van der Waals surface area contributed by atoms with E-state index in [0.29, 0.717) is 12.6 Å². The lowest BCUT2D eigenvalue weighted by Gasteiger charge is -2.41. The summed E-state index contributed by atoms with van der Waals surface area (Å²) in [5, 5.41) is 3.25. The molecule has 0 aliphatic carbocycles. The van der Waals surface area contributed by atoms with E-state index in [1.807, 2.05) is 12.1 Å². The monoisotopic (exact) mass is 404 g/mol. The van der Waals surface area contributed by atoms with Crippen molar-refractivity contribution >= 4 is 17.3 Å². The average molecular weight is 405 g/mol. The molecule has 5 rings (SSSR count). The highest BCUT2D eigenvalue weighted by Crippen LogP contribution is 2.33. The van der Waals surface area contributed by atoms with Crippen LogP contribution in [0.4, 0.5) is 11.4 Å². The largest absolute Gasteiger partial charge is 0.374 e. The molecule has 2 aromatic rings. The highest BCUT2D eigenvalue weighted by Gasteiger charge is 2.33. The van der Waals surface area contributed by atoms with Gasteiger partial charge in [0.15, 0.2) is 0 Å². The lowest BCUT2D eigenvalue weighted by atomic mass is 9.99. The smallest absolute Gasteiger partial charge is 0.246 e. The molecule has 0 unspecified atom stereocenters. The summed E-state index contributed by atoms with van der Waals surface area (Å²) in [5.74, 6) is 0.978. The predicted octanol–water partition coefficient (Wildman–Crippen LogP) is 3.43. The SMILES string of the molecule is O=C1CNc2ccccc2N1C1CCN(C[C@@H]2CCN(Cc3ccccc3)C2)CC1. The first kappa shape index (κ1) is 19.6. The predicted molar refractivity (Wildman–Crippen MR) is 122 cm³/mol. The summed E-state index contributed by atoms with van der Waals surface area (Å²) in [6.07, 6.45) is 3.44. The van der Waals surface area contributed by atoms with Crippen LogP contribution >= 0.6 is 0 Å². The molecular weight excluding hydrogens is 372 g/mol. The number of benzene rings is 2. The van der Waals surface area contributed by atoms with E-state index in [0.717, 1.165) is 49.8 Å². The number of hydrogen-bond donors (Lipinski definition) is 1. The van der Waals surface area contributed by atoms with Crippen molar-refractivity contribution in [2.45, 2.75) is 31.8 Å². The Hall–Kier alpha value is -2.37. The number of fused-ring (bicyclic) bond motifs is 1. The van der Waals surface area contributed by atoms with Gasteiger partial charge in [0.05, 0.1) is 17.9 Å². The van der Waals surface area contributed by atoms with E-state index >= 15 is 0 Å². The third-order valence-corrected chi connectivity index (χ3v) is 6.92. The average Bonchev–Trinajstić information content (AvgIpc) is 3.22. The van der Waals surface area contributed by atoms with Crippen molar-refractivity contribution in [2.24, 2.45) is 5.92 Å². The second kappa shape index (κ2) is 8.78. The number of hydrogen-bond acceptors (Lipinski definition) is 4. The number of piperidine rings is 1. The Morgan fingerprint density at radius 1 is 0.867 bits per heavy atom. The summed E-state index contributed by atoms with van der Waals surface area (Å²) < 4.78 is 0. The van der Waals surface area contributed by atoms with Gasteiger partial charge in [0.25, 0.3) is 0 Å². The van der Waals surface area contributed by atoms with Gasteiger partial charge in [0, 0.05) is 38.8 Å². The number of carbonyl (C=O) groups excluding carboxylic acids is 1. The van der Waals surface area contributed by atoms with Gasteiger partial charge in [0.1, 0.15) is 0 Å². The third kappa shape index (κ3) is 4.23. The van der Waals surface area contributed by atoms with E-state index in [-0.39, 0.29) is 5.91 Å². The minimum atomic E-state index is 0.208. The summed E-state index contributed by atoms with van der Waals surface area (Å²) in [5.41, 5.74) is 3.56. The number of carbonyl (C=O) groups is 1. The van der Waals surface area contributed by atoms with Crippen molar-refractivity contribution in [3.05, 3.63) is 60.2 Å². The van der Waals surface area contributed by atoms with E-state index in [2.05, 4.69) is 62.5 Å². The number of anilines is 2. The minimum Gasteiger partial charge on any atom is -0.374 e. The summed E-state index contributed by atoms with van der Waals surface area (Å²) in [7, 11) is 0. The molecule has 30 heavy (non-hydrogen) atoms. The lowest BCUT2D eigenvalue weighted by Crippen LogP contribution is -2.51. The molecule has 1 amide bonds. The summed E-state index contributed by atoms with van der Waals surface area (Å²) in [6.45, 7) is 7.30. The van der Waals surface area contributed by atoms with Gasteiger partial charge in [-0.15, -0.1) is 0 Å². The van der Waals surface area contributed by atoms with Crippen LogP contribution in [0, 0.1) is 5.92 Å².